The molecule has 1 aliphatic rings. The number of halogens is 1. The highest BCUT2D eigenvalue weighted by molar-refractivity contribution is 6.07. The zero-order valence-corrected chi connectivity index (χ0v) is 7.53. The van der Waals surface area contributed by atoms with Gasteiger partial charge in [-0.2, -0.15) is 0 Å². The van der Waals surface area contributed by atoms with Gasteiger partial charge in [0.2, 0.25) is 0 Å². The van der Waals surface area contributed by atoms with Crippen molar-refractivity contribution in [1.29, 1.82) is 0 Å². The van der Waals surface area contributed by atoms with Gasteiger partial charge in [-0.25, -0.2) is 4.79 Å². The summed E-state index contributed by atoms with van der Waals surface area (Å²) in [6, 6.07) is -0.456. The van der Waals surface area contributed by atoms with E-state index < -0.39 is 11.6 Å². The summed E-state index contributed by atoms with van der Waals surface area (Å²) in [5.74, 6) is -0.326. The Morgan fingerprint density at radius 3 is 2.25 bits per heavy atom. The van der Waals surface area contributed by atoms with E-state index in [0.717, 1.165) is 0 Å². The molecule has 0 aliphatic carbocycles. The summed E-state index contributed by atoms with van der Waals surface area (Å²) in [5, 5.41) is 4.63. The van der Waals surface area contributed by atoms with Crippen molar-refractivity contribution in [3.05, 3.63) is 0 Å². The lowest BCUT2D eigenvalue weighted by Crippen LogP contribution is -2.52. The fraction of sp³-hybridized carbons (Fsp3) is 0.667. The number of nitrogens with two attached hydrogens (primary N) is 1. The number of carbonyl (C=O) groups is 2. The minimum atomic E-state index is -0.864. The number of hydrogen-bond acceptors (Lipinski definition) is 3. The summed E-state index contributed by atoms with van der Waals surface area (Å²) in [6.07, 6.45) is 0.515. The van der Waals surface area contributed by atoms with Crippen molar-refractivity contribution in [1.82, 2.24) is 10.6 Å². The monoisotopic (exact) mass is 193 g/mol. The number of hydrogen-bond donors (Lipinski definition) is 3. The Hall–Kier alpha value is -0.810. The van der Waals surface area contributed by atoms with E-state index in [-0.39, 0.29) is 24.9 Å². The van der Waals surface area contributed by atoms with Crippen molar-refractivity contribution >= 4 is 24.3 Å². The molecule has 6 heteroatoms. The van der Waals surface area contributed by atoms with Crippen LogP contribution >= 0.6 is 12.4 Å². The molecule has 0 radical (unpaired) electrons. The van der Waals surface area contributed by atoms with Crippen molar-refractivity contribution in [2.24, 2.45) is 5.73 Å². The van der Waals surface area contributed by atoms with E-state index >= 15 is 0 Å². The van der Waals surface area contributed by atoms with Gasteiger partial charge in [-0.1, -0.05) is 6.92 Å². The molecule has 1 aliphatic heterocycles. The van der Waals surface area contributed by atoms with Gasteiger partial charge < -0.3 is 11.1 Å². The van der Waals surface area contributed by atoms with Crippen molar-refractivity contribution in [3.63, 3.8) is 0 Å². The average Bonchev–Trinajstić information content (AvgIpc) is 2.27. The molecular formula is C6H12ClN3O2. The van der Waals surface area contributed by atoms with Crippen molar-refractivity contribution in [2.75, 3.05) is 6.54 Å². The molecule has 1 fully saturated rings. The smallest absolute Gasteiger partial charge is 0.322 e. The molecule has 1 atom stereocenters. The van der Waals surface area contributed by atoms with Crippen LogP contribution in [-0.4, -0.2) is 24.0 Å². The lowest BCUT2D eigenvalue weighted by atomic mass is 9.97. The van der Waals surface area contributed by atoms with E-state index in [0.29, 0.717) is 6.42 Å². The van der Waals surface area contributed by atoms with E-state index in [4.69, 9.17) is 5.73 Å². The van der Waals surface area contributed by atoms with Crippen LogP contribution in [0.2, 0.25) is 0 Å². The third-order valence-corrected chi connectivity index (χ3v) is 1.97. The Kier molecular flexibility index (Phi) is 3.48. The quantitative estimate of drug-likeness (QED) is 0.510. The van der Waals surface area contributed by atoms with Crippen LogP contribution in [0.5, 0.6) is 0 Å². The lowest BCUT2D eigenvalue weighted by Gasteiger charge is -2.21. The first-order valence-electron chi connectivity index (χ1n) is 3.48. The average molecular weight is 194 g/mol. The summed E-state index contributed by atoms with van der Waals surface area (Å²) < 4.78 is 0. The standard InChI is InChI=1S/C6H11N3O2.ClH/c1-2-6(3-7)4(10)8-5(11)9-6;/h2-3,7H2,1H3,(H2,8,9,10,11);1H. The number of urea groups is 1. The van der Waals surface area contributed by atoms with Crippen LogP contribution in [0.4, 0.5) is 4.79 Å². The minimum absolute atomic E-state index is 0. The Labute approximate surface area is 76.5 Å². The zero-order valence-electron chi connectivity index (χ0n) is 6.72. The van der Waals surface area contributed by atoms with E-state index in [1.54, 1.807) is 6.92 Å². The van der Waals surface area contributed by atoms with Crippen LogP contribution < -0.4 is 16.4 Å². The predicted octanol–water partition coefficient (Wildman–Crippen LogP) is -0.645. The summed E-state index contributed by atoms with van der Waals surface area (Å²) >= 11 is 0. The summed E-state index contributed by atoms with van der Waals surface area (Å²) in [4.78, 5) is 21.8. The van der Waals surface area contributed by atoms with Gasteiger partial charge in [0.25, 0.3) is 5.91 Å². The maximum absolute atomic E-state index is 11.1. The molecule has 12 heavy (non-hydrogen) atoms. The van der Waals surface area contributed by atoms with Crippen LogP contribution in [-0.2, 0) is 4.79 Å². The molecule has 1 unspecified atom stereocenters. The number of amides is 3. The fourth-order valence-electron chi connectivity index (χ4n) is 1.07. The largest absolute Gasteiger partial charge is 0.328 e. The lowest BCUT2D eigenvalue weighted by molar-refractivity contribution is -0.123. The Bertz CT molecular complexity index is 203. The fourth-order valence-corrected chi connectivity index (χ4v) is 1.07. The Morgan fingerprint density at radius 2 is 2.08 bits per heavy atom. The van der Waals surface area contributed by atoms with Gasteiger partial charge in [-0.3, -0.25) is 10.1 Å². The summed E-state index contributed by atoms with van der Waals surface area (Å²) in [7, 11) is 0. The van der Waals surface area contributed by atoms with E-state index in [1.807, 2.05) is 0 Å². The number of rotatable bonds is 2. The second kappa shape index (κ2) is 3.73. The van der Waals surface area contributed by atoms with Crippen LogP contribution in [0.3, 0.4) is 0 Å². The summed E-state index contributed by atoms with van der Waals surface area (Å²) in [6.45, 7) is 1.94. The van der Waals surface area contributed by atoms with Gasteiger partial charge >= 0.3 is 6.03 Å². The predicted molar refractivity (Wildman–Crippen MR) is 46.0 cm³/mol. The molecule has 0 saturated carbocycles. The highest BCUT2D eigenvalue weighted by Crippen LogP contribution is 2.12. The third kappa shape index (κ3) is 1.51. The first kappa shape index (κ1) is 11.2. The highest BCUT2D eigenvalue weighted by Gasteiger charge is 2.43. The molecule has 0 spiro atoms. The van der Waals surface area contributed by atoms with Crippen LogP contribution in [0.25, 0.3) is 0 Å². The molecule has 1 saturated heterocycles. The van der Waals surface area contributed by atoms with Gasteiger partial charge in [0, 0.05) is 6.54 Å². The second-order valence-corrected chi connectivity index (χ2v) is 2.55. The maximum Gasteiger partial charge on any atom is 0.322 e. The van der Waals surface area contributed by atoms with Gasteiger partial charge in [-0.05, 0) is 6.42 Å². The molecular weight excluding hydrogens is 182 g/mol. The normalized spacial score (nSPS) is 27.5. The molecule has 0 aromatic carbocycles. The molecule has 1 heterocycles. The van der Waals surface area contributed by atoms with Crippen molar-refractivity contribution in [3.8, 4) is 0 Å². The van der Waals surface area contributed by atoms with E-state index in [2.05, 4.69) is 10.6 Å². The van der Waals surface area contributed by atoms with Crippen LogP contribution in [0, 0.1) is 0 Å². The van der Waals surface area contributed by atoms with Gasteiger partial charge in [0.05, 0.1) is 0 Å². The Balaban J connectivity index is 0.00000121. The first-order valence-corrected chi connectivity index (χ1v) is 3.48. The molecule has 5 nitrogen and oxygen atoms in total. The van der Waals surface area contributed by atoms with Gasteiger partial charge in [0.15, 0.2) is 0 Å². The SMILES string of the molecule is CCC1(CN)NC(=O)NC1=O.Cl. The van der Waals surface area contributed by atoms with E-state index in [9.17, 15) is 9.59 Å². The van der Waals surface area contributed by atoms with Gasteiger partial charge in [-0.15, -0.1) is 12.4 Å². The van der Waals surface area contributed by atoms with Crippen LogP contribution in [0.15, 0.2) is 0 Å². The first-order chi connectivity index (χ1) is 5.14. The molecule has 1 rings (SSSR count). The molecule has 0 aromatic heterocycles. The molecule has 3 amide bonds. The second-order valence-electron chi connectivity index (χ2n) is 2.55. The highest BCUT2D eigenvalue weighted by atomic mass is 35.5. The molecule has 4 N–H and O–H groups in total. The molecule has 0 aromatic rings. The molecule has 70 valence electrons. The Morgan fingerprint density at radius 1 is 1.50 bits per heavy atom. The number of imide groups is 1. The zero-order chi connectivity index (χ0) is 8.48. The van der Waals surface area contributed by atoms with Crippen LogP contribution in [0.1, 0.15) is 13.3 Å². The van der Waals surface area contributed by atoms with Crippen molar-refractivity contribution in [2.45, 2.75) is 18.9 Å². The third-order valence-electron chi connectivity index (χ3n) is 1.97. The maximum atomic E-state index is 11.1. The summed E-state index contributed by atoms with van der Waals surface area (Å²) in [5.41, 5.74) is 4.49. The van der Waals surface area contributed by atoms with Crippen molar-refractivity contribution < 1.29 is 9.59 Å². The van der Waals surface area contributed by atoms with E-state index in [1.165, 1.54) is 0 Å². The number of carbonyl (C=O) groups excluding carboxylic acids is 2. The number of nitrogens with one attached hydrogen (secondary N) is 2. The topological polar surface area (TPSA) is 84.2 Å². The van der Waals surface area contributed by atoms with Gasteiger partial charge in [0.1, 0.15) is 5.54 Å². The minimum Gasteiger partial charge on any atom is -0.328 e. The molecule has 0 bridgehead atoms.